The maximum atomic E-state index is 10.9. The van der Waals surface area contributed by atoms with Crippen molar-refractivity contribution in [2.75, 3.05) is 13.1 Å². The van der Waals surface area contributed by atoms with Gasteiger partial charge >= 0.3 is 5.97 Å². The van der Waals surface area contributed by atoms with E-state index in [0.717, 1.165) is 32.5 Å². The molecule has 1 fully saturated rings. The molecule has 2 rings (SSSR count). The van der Waals surface area contributed by atoms with E-state index in [1.807, 2.05) is 12.1 Å². The third-order valence-corrected chi connectivity index (χ3v) is 3.65. The molecule has 1 aliphatic carbocycles. The van der Waals surface area contributed by atoms with Gasteiger partial charge in [-0.25, -0.2) is 0 Å². The molecule has 1 N–H and O–H groups in total. The molecule has 98 valence electrons. The smallest absolute Gasteiger partial charge is 0.303 e. The van der Waals surface area contributed by atoms with E-state index < -0.39 is 5.97 Å². The van der Waals surface area contributed by atoms with Gasteiger partial charge in [-0.3, -0.25) is 14.7 Å². The number of nitrogens with zero attached hydrogens (tertiary/aromatic N) is 2. The van der Waals surface area contributed by atoms with Gasteiger partial charge in [0.15, 0.2) is 0 Å². The van der Waals surface area contributed by atoms with Gasteiger partial charge in [-0.15, -0.1) is 0 Å². The summed E-state index contributed by atoms with van der Waals surface area (Å²) < 4.78 is 0. The van der Waals surface area contributed by atoms with Gasteiger partial charge in [-0.2, -0.15) is 0 Å². The number of aliphatic carboxylic acids is 1. The van der Waals surface area contributed by atoms with Crippen LogP contribution < -0.4 is 0 Å². The highest BCUT2D eigenvalue weighted by atomic mass is 16.4. The van der Waals surface area contributed by atoms with Crippen molar-refractivity contribution in [3.8, 4) is 0 Å². The summed E-state index contributed by atoms with van der Waals surface area (Å²) in [6.07, 6.45) is 6.00. The summed E-state index contributed by atoms with van der Waals surface area (Å²) in [6, 6.07) is 4.03. The maximum Gasteiger partial charge on any atom is 0.303 e. The second kappa shape index (κ2) is 5.48. The molecule has 0 radical (unpaired) electrons. The average molecular weight is 248 g/mol. The third kappa shape index (κ3) is 3.53. The molecule has 0 unspecified atom stereocenters. The molecule has 1 heterocycles. The minimum absolute atomic E-state index is 0.0366. The van der Waals surface area contributed by atoms with Crippen LogP contribution in [0.5, 0.6) is 0 Å². The van der Waals surface area contributed by atoms with Crippen molar-refractivity contribution in [3.05, 3.63) is 30.1 Å². The van der Waals surface area contributed by atoms with Crippen LogP contribution in [0.25, 0.3) is 0 Å². The monoisotopic (exact) mass is 248 g/mol. The molecule has 1 aromatic rings. The van der Waals surface area contributed by atoms with E-state index in [9.17, 15) is 4.79 Å². The second-order valence-corrected chi connectivity index (χ2v) is 5.23. The fourth-order valence-corrected chi connectivity index (χ4v) is 2.39. The molecule has 1 aromatic heterocycles. The summed E-state index contributed by atoms with van der Waals surface area (Å²) in [5.74, 6) is -0.674. The molecule has 4 heteroatoms. The van der Waals surface area contributed by atoms with E-state index in [0.29, 0.717) is 6.42 Å². The lowest BCUT2D eigenvalue weighted by atomic mass is 10.0. The highest BCUT2D eigenvalue weighted by Gasteiger charge is 2.45. The summed E-state index contributed by atoms with van der Waals surface area (Å²) in [6.45, 7) is 4.83. The maximum absolute atomic E-state index is 10.9. The Morgan fingerprint density at radius 2 is 2.11 bits per heavy atom. The molecule has 0 bridgehead atoms. The summed E-state index contributed by atoms with van der Waals surface area (Å²) in [7, 11) is 0. The molecular formula is C14H20N2O2. The van der Waals surface area contributed by atoms with Crippen LogP contribution in [0.3, 0.4) is 0 Å². The van der Waals surface area contributed by atoms with Gasteiger partial charge in [-0.1, -0.05) is 6.92 Å². The first kappa shape index (κ1) is 13.0. The van der Waals surface area contributed by atoms with Gasteiger partial charge in [0, 0.05) is 25.5 Å². The molecule has 0 spiro atoms. The Bertz CT molecular complexity index is 402. The van der Waals surface area contributed by atoms with Crippen molar-refractivity contribution in [2.45, 2.75) is 32.7 Å². The second-order valence-electron chi connectivity index (χ2n) is 5.23. The molecule has 1 saturated carbocycles. The number of carboxylic acid groups (broad SMARTS) is 1. The minimum Gasteiger partial charge on any atom is -0.481 e. The van der Waals surface area contributed by atoms with Crippen molar-refractivity contribution in [1.29, 1.82) is 0 Å². The summed E-state index contributed by atoms with van der Waals surface area (Å²) in [4.78, 5) is 17.2. The number of hydrogen-bond donors (Lipinski definition) is 1. The predicted molar refractivity (Wildman–Crippen MR) is 69.1 cm³/mol. The summed E-state index contributed by atoms with van der Waals surface area (Å²) in [5.41, 5.74) is 1.27. The zero-order chi connectivity index (χ0) is 13.0. The number of aromatic nitrogens is 1. The van der Waals surface area contributed by atoms with Crippen molar-refractivity contribution in [2.24, 2.45) is 5.41 Å². The molecule has 0 aromatic carbocycles. The number of carbonyl (C=O) groups is 1. The van der Waals surface area contributed by atoms with Gasteiger partial charge in [0.2, 0.25) is 0 Å². The van der Waals surface area contributed by atoms with Crippen molar-refractivity contribution in [1.82, 2.24) is 9.88 Å². The van der Waals surface area contributed by atoms with E-state index in [-0.39, 0.29) is 5.41 Å². The van der Waals surface area contributed by atoms with Gasteiger partial charge in [-0.05, 0) is 42.5 Å². The highest BCUT2D eigenvalue weighted by molar-refractivity contribution is 5.68. The highest BCUT2D eigenvalue weighted by Crippen LogP contribution is 2.49. The first-order valence-corrected chi connectivity index (χ1v) is 6.47. The average Bonchev–Trinajstić information content (AvgIpc) is 3.08. The summed E-state index contributed by atoms with van der Waals surface area (Å²) >= 11 is 0. The molecule has 18 heavy (non-hydrogen) atoms. The minimum atomic E-state index is -0.674. The largest absolute Gasteiger partial charge is 0.481 e. The quantitative estimate of drug-likeness (QED) is 0.803. The number of rotatable bonds is 7. The zero-order valence-corrected chi connectivity index (χ0v) is 10.8. The Morgan fingerprint density at radius 3 is 2.61 bits per heavy atom. The standard InChI is InChI=1S/C14H20N2O2/c1-2-16(10-12-3-7-15-8-4-12)11-14(5-6-14)9-13(17)18/h3-4,7-8H,2,5-6,9-11H2,1H3,(H,17,18). The van der Waals surface area contributed by atoms with Crippen LogP contribution in [0.2, 0.25) is 0 Å². The molecule has 0 saturated heterocycles. The Morgan fingerprint density at radius 1 is 1.44 bits per heavy atom. The van der Waals surface area contributed by atoms with Gasteiger partial charge in [0.1, 0.15) is 0 Å². The van der Waals surface area contributed by atoms with Crippen LogP contribution in [0.15, 0.2) is 24.5 Å². The molecule has 0 aliphatic heterocycles. The molecule has 1 aliphatic rings. The topological polar surface area (TPSA) is 53.4 Å². The van der Waals surface area contributed by atoms with Crippen molar-refractivity contribution in [3.63, 3.8) is 0 Å². The van der Waals surface area contributed by atoms with Gasteiger partial charge in [0.05, 0.1) is 6.42 Å². The predicted octanol–water partition coefficient (Wildman–Crippen LogP) is 2.16. The van der Waals surface area contributed by atoms with E-state index in [1.165, 1.54) is 5.56 Å². The number of carboxylic acids is 1. The fourth-order valence-electron chi connectivity index (χ4n) is 2.39. The van der Waals surface area contributed by atoms with Crippen molar-refractivity contribution >= 4 is 5.97 Å². The van der Waals surface area contributed by atoms with Crippen LogP contribution >= 0.6 is 0 Å². The van der Waals surface area contributed by atoms with Gasteiger partial charge in [0.25, 0.3) is 0 Å². The summed E-state index contributed by atoms with van der Waals surface area (Å²) in [5, 5.41) is 8.94. The SMILES string of the molecule is CCN(Cc1ccncc1)CC1(CC(=O)O)CC1. The third-order valence-electron chi connectivity index (χ3n) is 3.65. The van der Waals surface area contributed by atoms with Gasteiger partial charge < -0.3 is 5.11 Å². The fraction of sp³-hybridized carbons (Fsp3) is 0.571. The molecule has 0 atom stereocenters. The Balaban J connectivity index is 1.92. The lowest BCUT2D eigenvalue weighted by Crippen LogP contribution is -2.31. The van der Waals surface area contributed by atoms with E-state index in [2.05, 4.69) is 16.8 Å². The zero-order valence-electron chi connectivity index (χ0n) is 10.8. The van der Waals surface area contributed by atoms with Crippen LogP contribution in [0, 0.1) is 5.41 Å². The first-order valence-electron chi connectivity index (χ1n) is 6.47. The Labute approximate surface area is 108 Å². The molecular weight excluding hydrogens is 228 g/mol. The van der Waals surface area contributed by atoms with E-state index in [1.54, 1.807) is 12.4 Å². The number of hydrogen-bond acceptors (Lipinski definition) is 3. The lowest BCUT2D eigenvalue weighted by Gasteiger charge is -2.25. The Kier molecular flexibility index (Phi) is 3.97. The number of pyridine rings is 1. The first-order chi connectivity index (χ1) is 8.63. The Hall–Kier alpha value is -1.42. The lowest BCUT2D eigenvalue weighted by molar-refractivity contribution is -0.138. The molecule has 0 amide bonds. The normalized spacial score (nSPS) is 16.8. The van der Waals surface area contributed by atoms with Crippen LogP contribution in [-0.4, -0.2) is 34.0 Å². The van der Waals surface area contributed by atoms with E-state index >= 15 is 0 Å². The van der Waals surface area contributed by atoms with Crippen LogP contribution in [-0.2, 0) is 11.3 Å². The van der Waals surface area contributed by atoms with Crippen molar-refractivity contribution < 1.29 is 9.90 Å². The van der Waals surface area contributed by atoms with E-state index in [4.69, 9.17) is 5.11 Å². The van der Waals surface area contributed by atoms with Crippen LogP contribution in [0.4, 0.5) is 0 Å². The van der Waals surface area contributed by atoms with Crippen LogP contribution in [0.1, 0.15) is 31.7 Å². The molecule has 4 nitrogen and oxygen atoms in total.